The highest BCUT2D eigenvalue weighted by Gasteiger charge is 2.39. The Morgan fingerprint density at radius 1 is 1.20 bits per heavy atom. The van der Waals surface area contributed by atoms with E-state index in [9.17, 15) is 13.6 Å². The third-order valence-corrected chi connectivity index (χ3v) is 5.77. The number of benzene rings is 2. The van der Waals surface area contributed by atoms with E-state index in [-0.39, 0.29) is 5.56 Å². The molecular weight excluding hydrogens is 408 g/mol. The Kier molecular flexibility index (Phi) is 6.65. The molecule has 1 amide bonds. The Morgan fingerprint density at radius 3 is 2.63 bits per heavy atom. The molecule has 0 radical (unpaired) electrons. The standard InChI is InChI=1S/C22H25F2N3O2S/c1-21(2,3)29-20(28)25-13-7-12-22(15-8-5-4-6-9-15)27-26-19(30-22)17-14-16(23)10-11-18(17)24/h4-6,8-11,14,27H,7,12-13H2,1-3H3,(H,25,28)/t22-/m0/s1. The molecule has 5 nitrogen and oxygen atoms in total. The summed E-state index contributed by atoms with van der Waals surface area (Å²) in [6.07, 6.45) is 0.756. The number of hydrogen-bond acceptors (Lipinski definition) is 5. The van der Waals surface area contributed by atoms with Gasteiger partial charge in [0, 0.05) is 12.1 Å². The predicted octanol–water partition coefficient (Wildman–Crippen LogP) is 5.12. The molecule has 1 atom stereocenters. The van der Waals surface area contributed by atoms with Crippen LogP contribution < -0.4 is 10.7 Å². The number of carbonyl (C=O) groups excluding carboxylic acids is 1. The number of ether oxygens (including phenoxy) is 1. The van der Waals surface area contributed by atoms with Crippen molar-refractivity contribution in [3.05, 3.63) is 71.3 Å². The van der Waals surface area contributed by atoms with Gasteiger partial charge in [-0.3, -0.25) is 5.43 Å². The summed E-state index contributed by atoms with van der Waals surface area (Å²) in [4.78, 5) is 11.2. The number of carbonyl (C=O) groups is 1. The molecule has 1 aliphatic heterocycles. The lowest BCUT2D eigenvalue weighted by atomic mass is 10.0. The molecule has 0 unspecified atom stereocenters. The smallest absolute Gasteiger partial charge is 0.407 e. The lowest BCUT2D eigenvalue weighted by Crippen LogP contribution is -2.36. The maximum absolute atomic E-state index is 14.3. The second kappa shape index (κ2) is 9.04. The van der Waals surface area contributed by atoms with Crippen LogP contribution in [0.1, 0.15) is 44.7 Å². The highest BCUT2D eigenvalue weighted by Crippen LogP contribution is 2.44. The minimum Gasteiger partial charge on any atom is -0.444 e. The topological polar surface area (TPSA) is 62.7 Å². The van der Waals surface area contributed by atoms with Crippen LogP contribution >= 0.6 is 11.8 Å². The summed E-state index contributed by atoms with van der Waals surface area (Å²) in [5.41, 5.74) is 3.65. The van der Waals surface area contributed by atoms with Crippen LogP contribution in [-0.2, 0) is 9.61 Å². The van der Waals surface area contributed by atoms with Crippen LogP contribution in [0.3, 0.4) is 0 Å². The molecule has 160 valence electrons. The zero-order valence-corrected chi connectivity index (χ0v) is 18.0. The Hall–Kier alpha value is -2.61. The van der Waals surface area contributed by atoms with E-state index in [0.29, 0.717) is 24.4 Å². The molecule has 0 bridgehead atoms. The average molecular weight is 434 g/mol. The van der Waals surface area contributed by atoms with Crippen LogP contribution in [-0.4, -0.2) is 23.3 Å². The summed E-state index contributed by atoms with van der Waals surface area (Å²) in [7, 11) is 0. The van der Waals surface area contributed by atoms with Gasteiger partial charge in [0.1, 0.15) is 27.2 Å². The fourth-order valence-corrected chi connectivity index (χ4v) is 4.33. The first kappa shape index (κ1) is 22.1. The molecule has 1 aliphatic rings. The van der Waals surface area contributed by atoms with Gasteiger partial charge < -0.3 is 10.1 Å². The van der Waals surface area contributed by atoms with Crippen molar-refractivity contribution >= 4 is 22.9 Å². The highest BCUT2D eigenvalue weighted by atomic mass is 32.2. The number of amides is 1. The van der Waals surface area contributed by atoms with Crippen molar-refractivity contribution in [1.82, 2.24) is 10.7 Å². The molecule has 0 saturated heterocycles. The van der Waals surface area contributed by atoms with Crippen LogP contribution in [0.4, 0.5) is 13.6 Å². The van der Waals surface area contributed by atoms with Crippen molar-refractivity contribution in [3.8, 4) is 0 Å². The number of hydrazone groups is 1. The Labute approximate surface area is 179 Å². The summed E-state index contributed by atoms with van der Waals surface area (Å²) in [5.74, 6) is -1.05. The number of halogens is 2. The van der Waals surface area contributed by atoms with Crippen molar-refractivity contribution in [2.45, 2.75) is 44.1 Å². The van der Waals surface area contributed by atoms with Gasteiger partial charge in [-0.15, -0.1) is 0 Å². The zero-order chi connectivity index (χ0) is 21.8. The van der Waals surface area contributed by atoms with Crippen LogP contribution in [0.2, 0.25) is 0 Å². The minimum atomic E-state index is -0.648. The molecule has 0 fully saturated rings. The second-order valence-electron chi connectivity index (χ2n) is 7.98. The molecule has 2 aromatic rings. The SMILES string of the molecule is CC(C)(C)OC(=O)NCCC[C@]1(c2ccccc2)NN=C(c2cc(F)ccc2F)S1. The van der Waals surface area contributed by atoms with Gasteiger partial charge in [0.05, 0.1) is 0 Å². The number of nitrogens with zero attached hydrogens (tertiary/aromatic N) is 1. The normalized spacial score (nSPS) is 18.5. The van der Waals surface area contributed by atoms with Crippen LogP contribution in [0.5, 0.6) is 0 Å². The van der Waals surface area contributed by atoms with Crippen molar-refractivity contribution in [2.75, 3.05) is 6.54 Å². The first-order valence-corrected chi connectivity index (χ1v) is 10.5. The number of rotatable bonds is 6. The van der Waals surface area contributed by atoms with E-state index in [1.54, 1.807) is 20.8 Å². The first-order valence-electron chi connectivity index (χ1n) is 9.70. The molecule has 0 spiro atoms. The zero-order valence-electron chi connectivity index (χ0n) is 17.2. The maximum atomic E-state index is 14.3. The molecule has 1 heterocycles. The number of alkyl carbamates (subject to hydrolysis) is 1. The monoisotopic (exact) mass is 433 g/mol. The minimum absolute atomic E-state index is 0.122. The molecule has 2 N–H and O–H groups in total. The van der Waals surface area contributed by atoms with Crippen LogP contribution in [0.15, 0.2) is 53.6 Å². The Bertz CT molecular complexity index is 932. The highest BCUT2D eigenvalue weighted by molar-refractivity contribution is 8.15. The first-order chi connectivity index (χ1) is 14.2. The van der Waals surface area contributed by atoms with Gasteiger partial charge in [0.15, 0.2) is 0 Å². The molecule has 30 heavy (non-hydrogen) atoms. The van der Waals surface area contributed by atoms with Gasteiger partial charge in [-0.1, -0.05) is 42.1 Å². The molecule has 0 saturated carbocycles. The van der Waals surface area contributed by atoms with Crippen molar-refractivity contribution < 1.29 is 18.3 Å². The van der Waals surface area contributed by atoms with Crippen LogP contribution in [0.25, 0.3) is 0 Å². The summed E-state index contributed by atoms with van der Waals surface area (Å²) in [6, 6.07) is 13.0. The largest absolute Gasteiger partial charge is 0.444 e. The molecular formula is C22H25F2N3O2S. The van der Waals surface area contributed by atoms with E-state index in [1.807, 2.05) is 30.3 Å². The predicted molar refractivity (Wildman–Crippen MR) is 115 cm³/mol. The Morgan fingerprint density at radius 2 is 1.93 bits per heavy atom. The van der Waals surface area contributed by atoms with E-state index in [2.05, 4.69) is 15.8 Å². The summed E-state index contributed by atoms with van der Waals surface area (Å²) < 4.78 is 33.2. The number of nitrogens with one attached hydrogen (secondary N) is 2. The van der Waals surface area contributed by atoms with Crippen molar-refractivity contribution in [2.24, 2.45) is 5.10 Å². The summed E-state index contributed by atoms with van der Waals surface area (Å²) >= 11 is 1.34. The van der Waals surface area contributed by atoms with Gasteiger partial charge in [0.2, 0.25) is 0 Å². The van der Waals surface area contributed by atoms with Gasteiger partial charge in [-0.25, -0.2) is 13.6 Å². The molecule has 2 aromatic carbocycles. The maximum Gasteiger partial charge on any atom is 0.407 e. The fraction of sp³-hybridized carbons (Fsp3) is 0.364. The van der Waals surface area contributed by atoms with Gasteiger partial charge >= 0.3 is 6.09 Å². The quantitative estimate of drug-likeness (QED) is 0.621. The van der Waals surface area contributed by atoms with Crippen molar-refractivity contribution in [1.29, 1.82) is 0 Å². The van der Waals surface area contributed by atoms with Crippen molar-refractivity contribution in [3.63, 3.8) is 0 Å². The third-order valence-electron chi connectivity index (χ3n) is 4.38. The van der Waals surface area contributed by atoms with E-state index < -0.39 is 28.2 Å². The summed E-state index contributed by atoms with van der Waals surface area (Å²) in [6.45, 7) is 5.83. The molecule has 0 aliphatic carbocycles. The average Bonchev–Trinajstić information content (AvgIpc) is 3.12. The van der Waals surface area contributed by atoms with E-state index >= 15 is 0 Å². The van der Waals surface area contributed by atoms with Gasteiger partial charge in [-0.05, 0) is 57.4 Å². The van der Waals surface area contributed by atoms with Gasteiger partial charge in [-0.2, -0.15) is 5.10 Å². The number of hydrogen-bond donors (Lipinski definition) is 2. The fourth-order valence-electron chi connectivity index (χ4n) is 3.05. The lowest BCUT2D eigenvalue weighted by Gasteiger charge is -2.29. The third kappa shape index (κ3) is 5.50. The van der Waals surface area contributed by atoms with E-state index in [4.69, 9.17) is 4.74 Å². The van der Waals surface area contributed by atoms with E-state index in [1.165, 1.54) is 11.8 Å². The van der Waals surface area contributed by atoms with Gasteiger partial charge in [0.25, 0.3) is 0 Å². The lowest BCUT2D eigenvalue weighted by molar-refractivity contribution is 0.0526. The van der Waals surface area contributed by atoms with E-state index in [0.717, 1.165) is 23.8 Å². The second-order valence-corrected chi connectivity index (χ2v) is 9.27. The Balaban J connectivity index is 1.70. The summed E-state index contributed by atoms with van der Waals surface area (Å²) in [5, 5.41) is 7.44. The molecule has 0 aromatic heterocycles. The molecule has 8 heteroatoms. The van der Waals surface area contributed by atoms with Crippen LogP contribution in [0, 0.1) is 11.6 Å². The number of thioether (sulfide) groups is 1. The molecule has 3 rings (SSSR count).